The zero-order valence-electron chi connectivity index (χ0n) is 25.6. The van der Waals surface area contributed by atoms with E-state index < -0.39 is 5.91 Å². The highest BCUT2D eigenvalue weighted by molar-refractivity contribution is 6.16. The lowest BCUT2D eigenvalue weighted by atomic mass is 9.91. The Kier molecular flexibility index (Phi) is 10.8. The first-order valence-electron chi connectivity index (χ1n) is 14.8. The van der Waals surface area contributed by atoms with E-state index in [1.165, 1.54) is 23.1 Å². The average molecular weight is 579 g/mol. The second kappa shape index (κ2) is 14.7. The third kappa shape index (κ3) is 8.13. The minimum Gasteiger partial charge on any atom is -0.494 e. The molecule has 4 N–H and O–H groups in total. The second-order valence-corrected chi connectivity index (χ2v) is 11.3. The number of carbonyl (C=O) groups excluding carboxylic acids is 1. The van der Waals surface area contributed by atoms with Crippen LogP contribution >= 0.6 is 0 Å². The van der Waals surface area contributed by atoms with Gasteiger partial charge in [0.15, 0.2) is 5.88 Å². The molecule has 1 heterocycles. The Balaban J connectivity index is 1.84. The van der Waals surface area contributed by atoms with Crippen LogP contribution in [0.25, 0.3) is 12.7 Å². The highest BCUT2D eigenvalue weighted by Crippen LogP contribution is 2.28. The molecule has 1 atom stereocenters. The molecular formula is C36H42N4O3. The molecule has 224 valence electrons. The number of rotatable bonds is 8. The predicted octanol–water partition coefficient (Wildman–Crippen LogP) is 3.86. The molecule has 1 aliphatic rings. The number of nitrogens with one attached hydrogen (secondary N) is 2. The van der Waals surface area contributed by atoms with Gasteiger partial charge in [-0.05, 0) is 88.5 Å². The van der Waals surface area contributed by atoms with Gasteiger partial charge in [0.1, 0.15) is 0 Å². The van der Waals surface area contributed by atoms with Crippen molar-refractivity contribution in [1.29, 1.82) is 0 Å². The molecule has 0 aliphatic heterocycles. The molecule has 3 aromatic rings. The quantitative estimate of drug-likeness (QED) is 0.185. The Hall–Kier alpha value is -4.38. The standard InChI is InChI=1S/C36H42N4O3/c1-6-26(17-20-33(42)37-24(2)23-41)21-32-25(3)34(36(43)39-32)35(38-29-18-15-27(16-19-29)22-40(4)5)31-14-10-12-28-11-8-7-9-13-30(28)31/h6,10,12,14-16,18-19,21,24,39,41,43H,3,7-9,11,13,22-23H2,1-2,4-5H3,(H,37,42)/b26-6-,32-21+,38-35?/t24-/m1/s1. The minimum atomic E-state index is -0.477. The number of allylic oxidation sites excluding steroid dienone is 2. The maximum Gasteiger partial charge on any atom is 0.296 e. The van der Waals surface area contributed by atoms with Gasteiger partial charge in [-0.1, -0.05) is 55.3 Å². The number of amides is 1. The van der Waals surface area contributed by atoms with Gasteiger partial charge in [0.05, 0.1) is 29.6 Å². The SMILES string of the molecule is C=c1c(C(=Nc2ccc(CN(C)C)cc2)c2cccc3c2CCCCC3)c(O)[nH]/c1=C/C(C#CC(=O)N[C@H](C)CO)=C\C. The molecule has 0 radical (unpaired) electrons. The fourth-order valence-corrected chi connectivity index (χ4v) is 5.30. The maximum absolute atomic E-state index is 12.1. The number of hydrogen-bond donors (Lipinski definition) is 4. The van der Waals surface area contributed by atoms with Crippen LogP contribution < -0.4 is 15.9 Å². The average Bonchev–Trinajstić information content (AvgIpc) is 3.13. The second-order valence-electron chi connectivity index (χ2n) is 11.3. The van der Waals surface area contributed by atoms with Gasteiger partial charge in [-0.3, -0.25) is 4.79 Å². The van der Waals surface area contributed by atoms with E-state index in [1.807, 2.05) is 33.2 Å². The van der Waals surface area contributed by atoms with Crippen molar-refractivity contribution in [1.82, 2.24) is 15.2 Å². The van der Waals surface area contributed by atoms with Crippen LogP contribution in [0.5, 0.6) is 5.88 Å². The number of aromatic amines is 1. The van der Waals surface area contributed by atoms with Gasteiger partial charge < -0.3 is 25.4 Å². The monoisotopic (exact) mass is 578 g/mol. The van der Waals surface area contributed by atoms with Gasteiger partial charge in [-0.2, -0.15) is 0 Å². The number of aromatic nitrogens is 1. The van der Waals surface area contributed by atoms with Crippen molar-refractivity contribution >= 4 is 30.0 Å². The lowest BCUT2D eigenvalue weighted by molar-refractivity contribution is -0.116. The summed E-state index contributed by atoms with van der Waals surface area (Å²) in [4.78, 5) is 22.5. The molecule has 2 aromatic carbocycles. The molecule has 0 fully saturated rings. The molecule has 1 amide bonds. The molecule has 1 aliphatic carbocycles. The minimum absolute atomic E-state index is 0.0246. The summed E-state index contributed by atoms with van der Waals surface area (Å²) in [7, 11) is 4.09. The van der Waals surface area contributed by atoms with Crippen molar-refractivity contribution < 1.29 is 15.0 Å². The highest BCUT2D eigenvalue weighted by atomic mass is 16.3. The number of benzene rings is 2. The molecule has 1 aromatic heterocycles. The summed E-state index contributed by atoms with van der Waals surface area (Å²) in [5.41, 5.74) is 7.38. The molecule has 0 bridgehead atoms. The van der Waals surface area contributed by atoms with E-state index in [-0.39, 0.29) is 18.5 Å². The summed E-state index contributed by atoms with van der Waals surface area (Å²) in [6.45, 7) is 8.54. The molecular weight excluding hydrogens is 536 g/mol. The zero-order valence-corrected chi connectivity index (χ0v) is 25.6. The summed E-state index contributed by atoms with van der Waals surface area (Å²) in [6.07, 6.45) is 8.99. The Morgan fingerprint density at radius 3 is 2.58 bits per heavy atom. The number of aromatic hydroxyl groups is 1. The van der Waals surface area contributed by atoms with Gasteiger partial charge >= 0.3 is 0 Å². The maximum atomic E-state index is 12.1. The summed E-state index contributed by atoms with van der Waals surface area (Å²) in [5, 5.41) is 24.3. The van der Waals surface area contributed by atoms with Crippen LogP contribution in [0.3, 0.4) is 0 Å². The Morgan fingerprint density at radius 2 is 1.88 bits per heavy atom. The lowest BCUT2D eigenvalue weighted by Gasteiger charge is -2.15. The smallest absolute Gasteiger partial charge is 0.296 e. The van der Waals surface area contributed by atoms with Crippen LogP contribution in [0.15, 0.2) is 59.1 Å². The number of aryl methyl sites for hydroxylation is 1. The predicted molar refractivity (Wildman–Crippen MR) is 175 cm³/mol. The van der Waals surface area contributed by atoms with Crippen LogP contribution in [0.1, 0.15) is 60.9 Å². The number of hydrogen-bond acceptors (Lipinski definition) is 5. The third-order valence-electron chi connectivity index (χ3n) is 7.51. The van der Waals surface area contributed by atoms with E-state index in [4.69, 9.17) is 4.99 Å². The lowest BCUT2D eigenvalue weighted by Crippen LogP contribution is -2.34. The fourth-order valence-electron chi connectivity index (χ4n) is 5.30. The van der Waals surface area contributed by atoms with Gasteiger partial charge in [0, 0.05) is 34.2 Å². The molecule has 0 saturated heterocycles. The van der Waals surface area contributed by atoms with E-state index in [1.54, 1.807) is 19.1 Å². The van der Waals surface area contributed by atoms with E-state index >= 15 is 0 Å². The van der Waals surface area contributed by atoms with E-state index in [0.717, 1.165) is 43.5 Å². The zero-order chi connectivity index (χ0) is 30.9. The summed E-state index contributed by atoms with van der Waals surface area (Å²) >= 11 is 0. The van der Waals surface area contributed by atoms with E-state index in [0.29, 0.717) is 27.4 Å². The Bertz CT molecular complexity index is 1680. The van der Waals surface area contributed by atoms with Crippen molar-refractivity contribution in [2.24, 2.45) is 4.99 Å². The summed E-state index contributed by atoms with van der Waals surface area (Å²) in [5.74, 6) is 4.93. The largest absolute Gasteiger partial charge is 0.494 e. The number of aliphatic hydroxyl groups is 1. The van der Waals surface area contributed by atoms with Gasteiger partial charge in [0.25, 0.3) is 5.91 Å². The van der Waals surface area contributed by atoms with Gasteiger partial charge in [-0.25, -0.2) is 4.99 Å². The van der Waals surface area contributed by atoms with E-state index in [9.17, 15) is 15.0 Å². The van der Waals surface area contributed by atoms with Crippen molar-refractivity contribution in [3.63, 3.8) is 0 Å². The van der Waals surface area contributed by atoms with Crippen molar-refractivity contribution in [2.45, 2.75) is 58.5 Å². The molecule has 7 nitrogen and oxygen atoms in total. The number of nitrogens with zero attached hydrogens (tertiary/aromatic N) is 2. The molecule has 0 spiro atoms. The normalized spacial score (nSPS) is 15.0. The molecule has 0 saturated carbocycles. The van der Waals surface area contributed by atoms with Crippen molar-refractivity contribution in [2.75, 3.05) is 20.7 Å². The Morgan fingerprint density at radius 1 is 1.14 bits per heavy atom. The topological polar surface area (TPSA) is 101 Å². The number of aliphatic hydroxyl groups excluding tert-OH is 1. The highest BCUT2D eigenvalue weighted by Gasteiger charge is 2.21. The van der Waals surface area contributed by atoms with Gasteiger partial charge in [-0.15, -0.1) is 0 Å². The summed E-state index contributed by atoms with van der Waals surface area (Å²) in [6, 6.07) is 14.2. The first kappa shape index (κ1) is 31.6. The van der Waals surface area contributed by atoms with Crippen LogP contribution in [-0.2, 0) is 24.2 Å². The first-order valence-corrected chi connectivity index (χ1v) is 14.8. The number of carbonyl (C=O) groups is 1. The fraction of sp³-hybridized carbons (Fsp3) is 0.333. The first-order chi connectivity index (χ1) is 20.7. The molecule has 0 unspecified atom stereocenters. The molecule has 43 heavy (non-hydrogen) atoms. The van der Waals surface area contributed by atoms with Crippen LogP contribution in [0, 0.1) is 11.8 Å². The number of aliphatic imine (C=N–C) groups is 1. The number of H-pyrrole nitrogens is 1. The Labute approximate surface area is 254 Å². The molecule has 4 rings (SSSR count). The third-order valence-corrected chi connectivity index (χ3v) is 7.51. The van der Waals surface area contributed by atoms with E-state index in [2.05, 4.69) is 64.0 Å². The number of fused-ring (bicyclic) bond motifs is 1. The van der Waals surface area contributed by atoms with Crippen LogP contribution in [0.2, 0.25) is 0 Å². The van der Waals surface area contributed by atoms with Gasteiger partial charge in [0.2, 0.25) is 0 Å². The van der Waals surface area contributed by atoms with Crippen molar-refractivity contribution in [3.05, 3.63) is 92.5 Å². The summed E-state index contributed by atoms with van der Waals surface area (Å²) < 4.78 is 0. The van der Waals surface area contributed by atoms with Crippen LogP contribution in [-0.4, -0.2) is 58.5 Å². The molecule has 7 heteroatoms. The van der Waals surface area contributed by atoms with Crippen molar-refractivity contribution in [3.8, 4) is 17.7 Å². The van der Waals surface area contributed by atoms with Crippen LogP contribution in [0.4, 0.5) is 5.69 Å².